The van der Waals surface area contributed by atoms with E-state index in [1.807, 2.05) is 33.7 Å². The van der Waals surface area contributed by atoms with E-state index in [2.05, 4.69) is 26.8 Å². The molecule has 0 aromatic rings. The van der Waals surface area contributed by atoms with Gasteiger partial charge in [0.25, 0.3) is 0 Å². The van der Waals surface area contributed by atoms with Crippen molar-refractivity contribution in [2.24, 2.45) is 5.41 Å². The molecule has 0 rings (SSSR count). The summed E-state index contributed by atoms with van der Waals surface area (Å²) in [6.07, 6.45) is 2.49. The molecule has 0 aromatic heterocycles. The lowest BCUT2D eigenvalue weighted by Gasteiger charge is -2.18. The van der Waals surface area contributed by atoms with Crippen molar-refractivity contribution in [1.29, 1.82) is 0 Å². The maximum atomic E-state index is 5.65. The Labute approximate surface area is 95.2 Å². The largest absolute Gasteiger partial charge is 0.486 e. The van der Waals surface area contributed by atoms with E-state index in [0.717, 1.165) is 0 Å². The fraction of sp³-hybridized carbons (Fsp3) is 0.833. The molecule has 0 unspecified atom stereocenters. The van der Waals surface area contributed by atoms with E-state index in [9.17, 15) is 0 Å². The van der Waals surface area contributed by atoms with Crippen molar-refractivity contribution in [3.63, 3.8) is 0 Å². The summed E-state index contributed by atoms with van der Waals surface area (Å²) < 4.78 is 11.3. The van der Waals surface area contributed by atoms with Gasteiger partial charge < -0.3 is 9.31 Å². The molecular formula is C12H25BO2. The van der Waals surface area contributed by atoms with Gasteiger partial charge in [0.2, 0.25) is 0 Å². The van der Waals surface area contributed by atoms with E-state index in [1.165, 1.54) is 0 Å². The van der Waals surface area contributed by atoms with Crippen LogP contribution in [0.15, 0.2) is 12.1 Å². The molecule has 0 fully saturated rings. The average molecular weight is 212 g/mol. The van der Waals surface area contributed by atoms with E-state index in [0.29, 0.717) is 0 Å². The summed E-state index contributed by atoms with van der Waals surface area (Å²) in [5, 5.41) is 0. The first-order valence-corrected chi connectivity index (χ1v) is 5.71. The van der Waals surface area contributed by atoms with Crippen molar-refractivity contribution in [1.82, 2.24) is 0 Å². The average Bonchev–Trinajstić information content (AvgIpc) is 1.96. The minimum atomic E-state index is -0.232. The van der Waals surface area contributed by atoms with E-state index < -0.39 is 0 Å². The zero-order valence-corrected chi connectivity index (χ0v) is 11.2. The molecule has 0 atom stereocenters. The molecule has 0 amide bonds. The van der Waals surface area contributed by atoms with Crippen molar-refractivity contribution < 1.29 is 9.31 Å². The molecule has 0 radical (unpaired) electrons. The molecule has 2 nitrogen and oxygen atoms in total. The standard InChI is InChI=1S/C12H25BO2/c1-10(2)14-13(15-11(3)4)9-8-12(5,6)7/h8-11H,1-7H3/b9-8+. The third-order valence-electron chi connectivity index (χ3n) is 1.57. The van der Waals surface area contributed by atoms with Gasteiger partial charge in [0.15, 0.2) is 0 Å². The van der Waals surface area contributed by atoms with E-state index in [4.69, 9.17) is 9.31 Å². The third kappa shape index (κ3) is 10.0. The molecule has 0 aliphatic rings. The molecule has 0 aliphatic carbocycles. The molecule has 0 N–H and O–H groups in total. The first kappa shape index (κ1) is 14.7. The van der Waals surface area contributed by atoms with Gasteiger partial charge in [-0.25, -0.2) is 0 Å². The van der Waals surface area contributed by atoms with Gasteiger partial charge in [-0.3, -0.25) is 0 Å². The second kappa shape index (κ2) is 6.34. The van der Waals surface area contributed by atoms with Gasteiger partial charge in [0.1, 0.15) is 0 Å². The van der Waals surface area contributed by atoms with Crippen LogP contribution in [0.25, 0.3) is 0 Å². The van der Waals surface area contributed by atoms with Crippen LogP contribution in [0.5, 0.6) is 0 Å². The normalized spacial score (nSPS) is 13.1. The number of hydrogen-bond donors (Lipinski definition) is 0. The highest BCUT2D eigenvalue weighted by molar-refractivity contribution is 6.50. The summed E-state index contributed by atoms with van der Waals surface area (Å²) >= 11 is 0. The smallest absolute Gasteiger partial charge is 0.405 e. The highest BCUT2D eigenvalue weighted by Crippen LogP contribution is 2.15. The number of hydrogen-bond acceptors (Lipinski definition) is 2. The fourth-order valence-corrected chi connectivity index (χ4v) is 1.03. The molecule has 0 saturated carbocycles. The number of allylic oxidation sites excluding steroid dienone is 1. The van der Waals surface area contributed by atoms with Crippen LogP contribution in [0.1, 0.15) is 48.5 Å². The Kier molecular flexibility index (Phi) is 6.22. The monoisotopic (exact) mass is 212 g/mol. The minimum absolute atomic E-state index is 0.166. The van der Waals surface area contributed by atoms with Gasteiger partial charge in [-0.1, -0.05) is 32.8 Å². The zero-order valence-electron chi connectivity index (χ0n) is 11.2. The maximum absolute atomic E-state index is 5.65. The van der Waals surface area contributed by atoms with Crippen LogP contribution in [0.3, 0.4) is 0 Å². The Morgan fingerprint density at radius 1 is 0.933 bits per heavy atom. The van der Waals surface area contributed by atoms with Gasteiger partial charge in [-0.05, 0) is 33.1 Å². The Balaban J connectivity index is 4.30. The van der Waals surface area contributed by atoms with Gasteiger partial charge >= 0.3 is 7.12 Å². The van der Waals surface area contributed by atoms with E-state index >= 15 is 0 Å². The van der Waals surface area contributed by atoms with Crippen LogP contribution in [-0.2, 0) is 9.31 Å². The molecule has 3 heteroatoms. The summed E-state index contributed by atoms with van der Waals surface area (Å²) in [4.78, 5) is 0. The van der Waals surface area contributed by atoms with Crippen LogP contribution in [0.4, 0.5) is 0 Å². The van der Waals surface area contributed by atoms with Crippen LogP contribution < -0.4 is 0 Å². The lowest BCUT2D eigenvalue weighted by Crippen LogP contribution is -2.28. The van der Waals surface area contributed by atoms with Gasteiger partial charge in [-0.15, -0.1) is 0 Å². The van der Waals surface area contributed by atoms with E-state index in [-0.39, 0.29) is 24.7 Å². The highest BCUT2D eigenvalue weighted by Gasteiger charge is 2.18. The Morgan fingerprint density at radius 3 is 1.60 bits per heavy atom. The van der Waals surface area contributed by atoms with Gasteiger partial charge in [-0.2, -0.15) is 0 Å². The predicted octanol–water partition coefficient (Wildman–Crippen LogP) is 3.47. The van der Waals surface area contributed by atoms with Crippen LogP contribution in [0, 0.1) is 5.41 Å². The van der Waals surface area contributed by atoms with Crippen molar-refractivity contribution in [3.8, 4) is 0 Å². The first-order valence-electron chi connectivity index (χ1n) is 5.71. The second-order valence-electron chi connectivity index (χ2n) is 5.46. The lowest BCUT2D eigenvalue weighted by molar-refractivity contribution is 0.138. The van der Waals surface area contributed by atoms with Crippen molar-refractivity contribution in [3.05, 3.63) is 12.1 Å². The molecule has 88 valence electrons. The highest BCUT2D eigenvalue weighted by atomic mass is 16.6. The minimum Gasteiger partial charge on any atom is -0.405 e. The molecule has 0 heterocycles. The molecular weight excluding hydrogens is 187 g/mol. The summed E-state index contributed by atoms with van der Waals surface area (Å²) in [7, 11) is -0.232. The Hall–Kier alpha value is -0.275. The van der Waals surface area contributed by atoms with Gasteiger partial charge in [0, 0.05) is 12.2 Å². The molecule has 15 heavy (non-hydrogen) atoms. The summed E-state index contributed by atoms with van der Waals surface area (Å²) in [5.74, 6) is 2.00. The summed E-state index contributed by atoms with van der Waals surface area (Å²) in [6.45, 7) is 14.5. The Bertz CT molecular complexity index is 182. The third-order valence-corrected chi connectivity index (χ3v) is 1.57. The second-order valence-corrected chi connectivity index (χ2v) is 5.46. The van der Waals surface area contributed by atoms with Crippen molar-refractivity contribution in [2.75, 3.05) is 0 Å². The lowest BCUT2D eigenvalue weighted by atomic mass is 9.83. The quantitative estimate of drug-likeness (QED) is 0.649. The molecule has 0 aromatic carbocycles. The summed E-state index contributed by atoms with van der Waals surface area (Å²) in [5.41, 5.74) is 0.166. The fourth-order valence-electron chi connectivity index (χ4n) is 1.03. The van der Waals surface area contributed by atoms with Crippen molar-refractivity contribution in [2.45, 2.75) is 60.7 Å². The number of rotatable bonds is 5. The zero-order chi connectivity index (χ0) is 12.1. The summed E-state index contributed by atoms with van der Waals surface area (Å²) in [6, 6.07) is 0. The van der Waals surface area contributed by atoms with Gasteiger partial charge in [0.05, 0.1) is 0 Å². The molecule has 0 aliphatic heterocycles. The molecule has 0 bridgehead atoms. The van der Waals surface area contributed by atoms with E-state index in [1.54, 1.807) is 0 Å². The van der Waals surface area contributed by atoms with Crippen LogP contribution in [-0.4, -0.2) is 19.3 Å². The topological polar surface area (TPSA) is 18.5 Å². The van der Waals surface area contributed by atoms with Crippen molar-refractivity contribution >= 4 is 7.12 Å². The first-order chi connectivity index (χ1) is 6.70. The molecule has 0 saturated heterocycles. The SMILES string of the molecule is CC(C)OB(/C=C/C(C)(C)C)OC(C)C. The maximum Gasteiger partial charge on any atom is 0.486 e. The predicted molar refractivity (Wildman–Crippen MR) is 66.8 cm³/mol. The van der Waals surface area contributed by atoms with Crippen LogP contribution >= 0.6 is 0 Å². The Morgan fingerprint density at radius 2 is 1.33 bits per heavy atom. The molecule has 0 spiro atoms. The van der Waals surface area contributed by atoms with Crippen LogP contribution in [0.2, 0.25) is 0 Å².